The average Bonchev–Trinajstić information content (AvgIpc) is 2.77. The molecule has 1 N–H and O–H groups in total. The van der Waals surface area contributed by atoms with Crippen molar-refractivity contribution in [3.05, 3.63) is 53.6 Å². The van der Waals surface area contributed by atoms with Crippen molar-refractivity contribution in [1.82, 2.24) is 9.62 Å². The van der Waals surface area contributed by atoms with Gasteiger partial charge in [0, 0.05) is 19.6 Å². The second kappa shape index (κ2) is 9.49. The highest BCUT2D eigenvalue weighted by atomic mass is 32.2. The van der Waals surface area contributed by atoms with Gasteiger partial charge in [-0.2, -0.15) is 0 Å². The van der Waals surface area contributed by atoms with Gasteiger partial charge in [0.05, 0.1) is 24.7 Å². The number of benzene rings is 2. The van der Waals surface area contributed by atoms with Crippen LogP contribution in [0.3, 0.4) is 0 Å². The molecule has 162 valence electrons. The molecule has 3 rings (SSSR count). The van der Waals surface area contributed by atoms with Crippen molar-refractivity contribution in [2.24, 2.45) is 5.92 Å². The topological polar surface area (TPSA) is 84.9 Å². The summed E-state index contributed by atoms with van der Waals surface area (Å²) in [6, 6.07) is 11.5. The fourth-order valence-electron chi connectivity index (χ4n) is 3.41. The molecule has 1 fully saturated rings. The van der Waals surface area contributed by atoms with E-state index in [1.807, 2.05) is 0 Å². The first-order chi connectivity index (χ1) is 14.3. The highest BCUT2D eigenvalue weighted by molar-refractivity contribution is 7.89. The first-order valence-corrected chi connectivity index (χ1v) is 11.4. The molecule has 1 aliphatic heterocycles. The smallest absolute Gasteiger partial charge is 0.257 e. The summed E-state index contributed by atoms with van der Waals surface area (Å²) in [4.78, 5) is 14.8. The molecule has 30 heavy (non-hydrogen) atoms. The summed E-state index contributed by atoms with van der Waals surface area (Å²) in [5, 5.41) is 0. The molecule has 0 spiro atoms. The van der Waals surface area contributed by atoms with Crippen LogP contribution in [-0.4, -0.2) is 46.5 Å². The molecule has 0 aliphatic carbocycles. The first kappa shape index (κ1) is 22.1. The van der Waals surface area contributed by atoms with Crippen molar-refractivity contribution in [2.45, 2.75) is 31.2 Å². The van der Waals surface area contributed by atoms with Crippen molar-refractivity contribution in [3.63, 3.8) is 0 Å². The quantitative estimate of drug-likeness (QED) is 0.727. The zero-order chi connectivity index (χ0) is 21.7. The molecule has 8 heteroatoms. The standard InChI is InChI=1S/C22H28N2O5S/c1-16-10-12-24(13-11-16)22(25)20-14-19(8-9-21(20)29-3)30(26,27)23-15-17-4-6-18(28-2)7-5-17/h4-9,14,16,23H,10-13,15H2,1-3H3. The molecule has 0 bridgehead atoms. The molecule has 2 aromatic carbocycles. The fourth-order valence-corrected chi connectivity index (χ4v) is 4.45. The first-order valence-electron chi connectivity index (χ1n) is 9.94. The molecule has 0 radical (unpaired) electrons. The molecular formula is C22H28N2O5S. The number of piperidine rings is 1. The van der Waals surface area contributed by atoms with Crippen LogP contribution in [0.1, 0.15) is 35.7 Å². The molecular weight excluding hydrogens is 404 g/mol. The highest BCUT2D eigenvalue weighted by Gasteiger charge is 2.26. The highest BCUT2D eigenvalue weighted by Crippen LogP contribution is 2.26. The van der Waals surface area contributed by atoms with Gasteiger partial charge in [-0.25, -0.2) is 13.1 Å². The Morgan fingerprint density at radius 1 is 1.07 bits per heavy atom. The Hall–Kier alpha value is -2.58. The summed E-state index contributed by atoms with van der Waals surface area (Å²) < 4.78 is 38.7. The Kier molecular flexibility index (Phi) is 6.99. The Labute approximate surface area is 178 Å². The monoisotopic (exact) mass is 432 g/mol. The SMILES string of the molecule is COc1ccc(CNS(=O)(=O)c2ccc(OC)c(C(=O)N3CCC(C)CC3)c2)cc1. The second-order valence-corrected chi connectivity index (χ2v) is 9.28. The van der Waals surface area contributed by atoms with Crippen LogP contribution in [0.25, 0.3) is 0 Å². The van der Waals surface area contributed by atoms with Gasteiger partial charge in [-0.1, -0.05) is 19.1 Å². The van der Waals surface area contributed by atoms with Gasteiger partial charge in [0.1, 0.15) is 11.5 Å². The Bertz CT molecular complexity index is 981. The number of carbonyl (C=O) groups excluding carboxylic acids is 1. The molecule has 1 heterocycles. The van der Waals surface area contributed by atoms with E-state index in [9.17, 15) is 13.2 Å². The minimum atomic E-state index is -3.80. The van der Waals surface area contributed by atoms with Crippen LogP contribution >= 0.6 is 0 Å². The van der Waals surface area contributed by atoms with Crippen molar-refractivity contribution >= 4 is 15.9 Å². The Morgan fingerprint density at radius 3 is 2.33 bits per heavy atom. The van der Waals surface area contributed by atoms with Gasteiger partial charge in [-0.15, -0.1) is 0 Å². The van der Waals surface area contributed by atoms with E-state index < -0.39 is 10.0 Å². The number of hydrogen-bond acceptors (Lipinski definition) is 5. The number of amides is 1. The third-order valence-electron chi connectivity index (χ3n) is 5.41. The van der Waals surface area contributed by atoms with Gasteiger partial charge in [-0.3, -0.25) is 4.79 Å². The lowest BCUT2D eigenvalue weighted by molar-refractivity contribution is 0.0693. The Balaban J connectivity index is 1.79. The number of sulfonamides is 1. The zero-order valence-electron chi connectivity index (χ0n) is 17.6. The molecule has 0 saturated carbocycles. The summed E-state index contributed by atoms with van der Waals surface area (Å²) in [6.45, 7) is 3.63. The summed E-state index contributed by atoms with van der Waals surface area (Å²) in [5.41, 5.74) is 1.06. The summed E-state index contributed by atoms with van der Waals surface area (Å²) in [7, 11) is -0.755. The average molecular weight is 433 g/mol. The number of carbonyl (C=O) groups is 1. The lowest BCUT2D eigenvalue weighted by Crippen LogP contribution is -2.38. The van der Waals surface area contributed by atoms with Crippen molar-refractivity contribution in [3.8, 4) is 11.5 Å². The third-order valence-corrected chi connectivity index (χ3v) is 6.81. The molecule has 0 atom stereocenters. The van der Waals surface area contributed by atoms with E-state index in [1.165, 1.54) is 25.3 Å². The molecule has 0 aromatic heterocycles. The van der Waals surface area contributed by atoms with Crippen molar-refractivity contribution < 1.29 is 22.7 Å². The predicted molar refractivity (Wildman–Crippen MR) is 114 cm³/mol. The van der Waals surface area contributed by atoms with E-state index in [1.54, 1.807) is 36.3 Å². The number of rotatable bonds is 7. The second-order valence-electron chi connectivity index (χ2n) is 7.51. The zero-order valence-corrected chi connectivity index (χ0v) is 18.4. The van der Waals surface area contributed by atoms with Crippen LogP contribution in [0.2, 0.25) is 0 Å². The summed E-state index contributed by atoms with van der Waals surface area (Å²) in [6.07, 6.45) is 1.88. The minimum absolute atomic E-state index is 0.0329. The lowest BCUT2D eigenvalue weighted by atomic mass is 9.98. The molecule has 7 nitrogen and oxygen atoms in total. The van der Waals surface area contributed by atoms with E-state index in [2.05, 4.69) is 11.6 Å². The van der Waals surface area contributed by atoms with Crippen LogP contribution in [0.4, 0.5) is 0 Å². The van der Waals surface area contributed by atoms with Crippen LogP contribution in [0.5, 0.6) is 11.5 Å². The van der Waals surface area contributed by atoms with Gasteiger partial charge in [-0.05, 0) is 54.7 Å². The van der Waals surface area contributed by atoms with Gasteiger partial charge in [0.25, 0.3) is 5.91 Å². The van der Waals surface area contributed by atoms with Crippen molar-refractivity contribution in [2.75, 3.05) is 27.3 Å². The number of hydrogen-bond donors (Lipinski definition) is 1. The molecule has 1 amide bonds. The third kappa shape index (κ3) is 5.12. The van der Waals surface area contributed by atoms with E-state index in [-0.39, 0.29) is 22.9 Å². The number of likely N-dealkylation sites (tertiary alicyclic amines) is 1. The number of methoxy groups -OCH3 is 2. The lowest BCUT2D eigenvalue weighted by Gasteiger charge is -2.30. The number of ether oxygens (including phenoxy) is 2. The summed E-state index contributed by atoms with van der Waals surface area (Å²) >= 11 is 0. The maximum Gasteiger partial charge on any atom is 0.257 e. The van der Waals surface area contributed by atoms with Gasteiger partial charge < -0.3 is 14.4 Å². The molecule has 0 unspecified atom stereocenters. The van der Waals surface area contributed by atoms with E-state index in [0.29, 0.717) is 30.5 Å². The van der Waals surface area contributed by atoms with Crippen molar-refractivity contribution in [1.29, 1.82) is 0 Å². The van der Waals surface area contributed by atoms with Gasteiger partial charge in [0.15, 0.2) is 0 Å². The van der Waals surface area contributed by atoms with Gasteiger partial charge in [0.2, 0.25) is 10.0 Å². The normalized spacial score (nSPS) is 15.1. The molecule has 2 aromatic rings. The summed E-state index contributed by atoms with van der Waals surface area (Å²) in [5.74, 6) is 1.45. The molecule has 1 aliphatic rings. The number of nitrogens with one attached hydrogen (secondary N) is 1. The number of nitrogens with zero attached hydrogens (tertiary/aromatic N) is 1. The van der Waals surface area contributed by atoms with Crippen LogP contribution in [0, 0.1) is 5.92 Å². The Morgan fingerprint density at radius 2 is 1.73 bits per heavy atom. The van der Waals surface area contributed by atoms with Crippen LogP contribution in [0.15, 0.2) is 47.4 Å². The largest absolute Gasteiger partial charge is 0.497 e. The van der Waals surface area contributed by atoms with Crippen LogP contribution < -0.4 is 14.2 Å². The fraction of sp³-hybridized carbons (Fsp3) is 0.409. The minimum Gasteiger partial charge on any atom is -0.497 e. The predicted octanol–water partition coefficient (Wildman–Crippen LogP) is 3.05. The van der Waals surface area contributed by atoms with Crippen LogP contribution in [-0.2, 0) is 16.6 Å². The maximum absolute atomic E-state index is 13.0. The maximum atomic E-state index is 13.0. The van der Waals surface area contributed by atoms with E-state index in [0.717, 1.165) is 18.4 Å². The van der Waals surface area contributed by atoms with Gasteiger partial charge >= 0.3 is 0 Å². The van der Waals surface area contributed by atoms with E-state index >= 15 is 0 Å². The van der Waals surface area contributed by atoms with E-state index in [4.69, 9.17) is 9.47 Å². The molecule has 1 saturated heterocycles.